The Labute approximate surface area is 461 Å². The van der Waals surface area contributed by atoms with E-state index in [-0.39, 0.29) is 18.9 Å². The fourth-order valence-electron chi connectivity index (χ4n) is 10.3. The quantitative estimate of drug-likeness (QED) is 0.0204. The fourth-order valence-corrected chi connectivity index (χ4v) is 10.3. The summed E-state index contributed by atoms with van der Waals surface area (Å²) in [5.74, 6) is -0.243. The van der Waals surface area contributed by atoms with Crippen molar-refractivity contribution in [2.45, 2.75) is 331 Å². The lowest BCUT2D eigenvalue weighted by molar-refractivity contribution is -0.359. The number of aliphatic hydroxyl groups is 8. The molecule has 0 radical (unpaired) electrons. The summed E-state index contributed by atoms with van der Waals surface area (Å²) < 4.78 is 22.6. The van der Waals surface area contributed by atoms with Crippen LogP contribution in [-0.2, 0) is 23.7 Å². The molecule has 12 atom stereocenters. The molecule has 9 N–H and O–H groups in total. The van der Waals surface area contributed by atoms with E-state index in [4.69, 9.17) is 18.9 Å². The Hall–Kier alpha value is -1.79. The van der Waals surface area contributed by atoms with Crippen LogP contribution in [0, 0.1) is 0 Å². The predicted molar refractivity (Wildman–Crippen MR) is 305 cm³/mol. The van der Waals surface area contributed by atoms with Gasteiger partial charge in [-0.25, -0.2) is 0 Å². The molecule has 2 aliphatic heterocycles. The highest BCUT2D eigenvalue weighted by atomic mass is 16.7. The van der Waals surface area contributed by atoms with Crippen LogP contribution in [0.3, 0.4) is 0 Å². The lowest BCUT2D eigenvalue weighted by Crippen LogP contribution is -2.65. The van der Waals surface area contributed by atoms with E-state index in [1.54, 1.807) is 6.08 Å². The smallest absolute Gasteiger partial charge is 0.220 e. The van der Waals surface area contributed by atoms with Crippen molar-refractivity contribution >= 4 is 5.91 Å². The molecular formula is C62H115NO13. The zero-order valence-electron chi connectivity index (χ0n) is 48.0. The Kier molecular flexibility index (Phi) is 44.4. The zero-order chi connectivity index (χ0) is 55.3. The molecule has 12 unspecified atom stereocenters. The Bertz CT molecular complexity index is 1410. The van der Waals surface area contributed by atoms with Crippen molar-refractivity contribution in [3.8, 4) is 0 Å². The third kappa shape index (κ3) is 33.1. The number of aliphatic hydroxyl groups excluding tert-OH is 8. The molecule has 446 valence electrons. The van der Waals surface area contributed by atoms with E-state index in [1.165, 1.54) is 180 Å². The van der Waals surface area contributed by atoms with E-state index < -0.39 is 86.8 Å². The van der Waals surface area contributed by atoms with Gasteiger partial charge in [0, 0.05) is 6.42 Å². The van der Waals surface area contributed by atoms with Gasteiger partial charge in [0.1, 0.15) is 48.8 Å². The van der Waals surface area contributed by atoms with Gasteiger partial charge in [-0.15, -0.1) is 0 Å². The first-order valence-corrected chi connectivity index (χ1v) is 31.2. The second-order valence-corrected chi connectivity index (χ2v) is 22.2. The predicted octanol–water partition coefficient (Wildman–Crippen LogP) is 11.0. The van der Waals surface area contributed by atoms with Gasteiger partial charge in [0.2, 0.25) is 5.91 Å². The third-order valence-corrected chi connectivity index (χ3v) is 15.3. The van der Waals surface area contributed by atoms with Crippen LogP contribution in [0.15, 0.2) is 36.5 Å². The molecule has 2 heterocycles. The molecule has 0 spiro atoms. The van der Waals surface area contributed by atoms with E-state index in [2.05, 4.69) is 43.5 Å². The number of nitrogens with one attached hydrogen (secondary N) is 1. The Morgan fingerprint density at radius 1 is 0.474 bits per heavy atom. The van der Waals surface area contributed by atoms with Crippen molar-refractivity contribution in [3.05, 3.63) is 36.5 Å². The van der Waals surface area contributed by atoms with E-state index in [0.29, 0.717) is 6.42 Å². The number of amides is 1. The number of ether oxygens (including phenoxy) is 4. The lowest BCUT2D eigenvalue weighted by atomic mass is 9.97. The SMILES string of the molecule is CCCCC/C=C/C(O)C(COC1OC(CO)C(OC2OC(CO)C(O)C(O)C2O)C(O)C1O)NC(=O)CCCCCCCCCCCCCCCCCCCCCCCCCCC/C=C\C/C=C\CCCCCCC. The van der Waals surface area contributed by atoms with Crippen LogP contribution < -0.4 is 5.32 Å². The van der Waals surface area contributed by atoms with Gasteiger partial charge in [-0.2, -0.15) is 0 Å². The number of hydrogen-bond donors (Lipinski definition) is 9. The van der Waals surface area contributed by atoms with Crippen LogP contribution >= 0.6 is 0 Å². The summed E-state index contributed by atoms with van der Waals surface area (Å²) in [6.07, 6.45) is 43.1. The minimum atomic E-state index is -1.78. The molecule has 0 aliphatic carbocycles. The average molecular weight is 1080 g/mol. The number of allylic oxidation sites excluding steroid dienone is 5. The first kappa shape index (κ1) is 70.3. The third-order valence-electron chi connectivity index (χ3n) is 15.3. The van der Waals surface area contributed by atoms with Crippen molar-refractivity contribution in [2.24, 2.45) is 0 Å². The van der Waals surface area contributed by atoms with Gasteiger partial charge in [-0.3, -0.25) is 4.79 Å². The highest BCUT2D eigenvalue weighted by Gasteiger charge is 2.51. The number of unbranched alkanes of at least 4 members (excludes halogenated alkanes) is 33. The van der Waals surface area contributed by atoms with E-state index in [0.717, 1.165) is 51.4 Å². The molecule has 0 aromatic heterocycles. The number of carbonyl (C=O) groups excluding carboxylic acids is 1. The number of rotatable bonds is 50. The van der Waals surface area contributed by atoms with Crippen LogP contribution in [0.5, 0.6) is 0 Å². The zero-order valence-corrected chi connectivity index (χ0v) is 48.0. The van der Waals surface area contributed by atoms with E-state index >= 15 is 0 Å². The van der Waals surface area contributed by atoms with Gasteiger partial charge >= 0.3 is 0 Å². The van der Waals surface area contributed by atoms with Crippen LogP contribution in [0.1, 0.15) is 258 Å². The normalized spacial score (nSPS) is 25.1. The summed E-state index contributed by atoms with van der Waals surface area (Å²) in [4.78, 5) is 13.1. The van der Waals surface area contributed by atoms with Crippen molar-refractivity contribution in [3.63, 3.8) is 0 Å². The molecule has 1 amide bonds. The molecule has 0 bridgehead atoms. The molecule has 2 rings (SSSR count). The summed E-state index contributed by atoms with van der Waals surface area (Å²) in [5.41, 5.74) is 0. The molecule has 14 heteroatoms. The second-order valence-electron chi connectivity index (χ2n) is 22.2. The van der Waals surface area contributed by atoms with Gasteiger partial charge in [-0.05, 0) is 51.4 Å². The molecule has 0 aromatic rings. The highest BCUT2D eigenvalue weighted by molar-refractivity contribution is 5.76. The first-order chi connectivity index (χ1) is 37.1. The fraction of sp³-hybridized carbons (Fsp3) is 0.887. The highest BCUT2D eigenvalue weighted by Crippen LogP contribution is 2.30. The maximum Gasteiger partial charge on any atom is 0.220 e. The van der Waals surface area contributed by atoms with Crippen LogP contribution in [-0.4, -0.2) is 140 Å². The van der Waals surface area contributed by atoms with Crippen LogP contribution in [0.25, 0.3) is 0 Å². The molecule has 2 fully saturated rings. The molecular weight excluding hydrogens is 967 g/mol. The molecule has 2 saturated heterocycles. The van der Waals surface area contributed by atoms with E-state index in [9.17, 15) is 45.6 Å². The molecule has 76 heavy (non-hydrogen) atoms. The Morgan fingerprint density at radius 2 is 0.868 bits per heavy atom. The minimum Gasteiger partial charge on any atom is -0.394 e. The Balaban J connectivity index is 1.48. The number of carbonyl (C=O) groups is 1. The van der Waals surface area contributed by atoms with Gasteiger partial charge in [-0.1, -0.05) is 237 Å². The topological polar surface area (TPSA) is 228 Å². The van der Waals surface area contributed by atoms with Crippen LogP contribution in [0.2, 0.25) is 0 Å². The number of hydrogen-bond acceptors (Lipinski definition) is 13. The summed E-state index contributed by atoms with van der Waals surface area (Å²) in [7, 11) is 0. The first-order valence-electron chi connectivity index (χ1n) is 31.2. The van der Waals surface area contributed by atoms with Crippen molar-refractivity contribution in [2.75, 3.05) is 19.8 Å². The summed E-state index contributed by atoms with van der Waals surface area (Å²) >= 11 is 0. The summed E-state index contributed by atoms with van der Waals surface area (Å²) in [6.45, 7) is 2.67. The minimum absolute atomic E-state index is 0.243. The van der Waals surface area contributed by atoms with Crippen molar-refractivity contribution in [1.29, 1.82) is 0 Å². The van der Waals surface area contributed by atoms with Crippen molar-refractivity contribution in [1.82, 2.24) is 5.32 Å². The monoisotopic (exact) mass is 1080 g/mol. The summed E-state index contributed by atoms with van der Waals surface area (Å²) in [5, 5.41) is 86.4. The lowest BCUT2D eigenvalue weighted by Gasteiger charge is -2.46. The van der Waals surface area contributed by atoms with Gasteiger partial charge in [0.15, 0.2) is 12.6 Å². The van der Waals surface area contributed by atoms with Gasteiger partial charge in [0.05, 0.1) is 32.0 Å². The Morgan fingerprint density at radius 3 is 1.34 bits per heavy atom. The van der Waals surface area contributed by atoms with E-state index in [1.807, 2.05) is 6.08 Å². The van der Waals surface area contributed by atoms with Gasteiger partial charge < -0.3 is 65.1 Å². The molecule has 2 aliphatic rings. The van der Waals surface area contributed by atoms with Crippen molar-refractivity contribution < 1.29 is 64.6 Å². The summed E-state index contributed by atoms with van der Waals surface area (Å²) in [6, 6.07) is -0.908. The molecule has 14 nitrogen and oxygen atoms in total. The standard InChI is InChI=1S/C62H115NO13/c1-3-5-7-9-10-11-12-13-14-15-16-17-18-19-20-21-22-23-24-25-26-27-28-29-30-31-32-33-34-35-36-37-38-39-40-42-44-46-54(67)63-50(51(66)45-43-41-8-6-4-2)49-73-61-59(72)57(70)60(53(48-65)75-61)76-62-58(71)56(69)55(68)52(47-64)74-62/h12-13,15-16,43,45,50-53,55-62,64-66,68-72H,3-11,14,17-42,44,46-49H2,1-2H3,(H,63,67)/b13-12-,16-15-,45-43+. The molecule has 0 aromatic carbocycles. The second kappa shape index (κ2) is 48.0. The average Bonchev–Trinajstić information content (AvgIpc) is 3.42. The van der Waals surface area contributed by atoms with Gasteiger partial charge in [0.25, 0.3) is 0 Å². The van der Waals surface area contributed by atoms with Crippen LogP contribution in [0.4, 0.5) is 0 Å². The largest absolute Gasteiger partial charge is 0.394 e. The molecule has 0 saturated carbocycles. The maximum absolute atomic E-state index is 13.1. The maximum atomic E-state index is 13.1.